The van der Waals surface area contributed by atoms with Crippen molar-refractivity contribution in [3.63, 3.8) is 0 Å². The summed E-state index contributed by atoms with van der Waals surface area (Å²) in [5.74, 6) is 2.07. The van der Waals surface area contributed by atoms with Gasteiger partial charge >= 0.3 is 0 Å². The number of aromatic amines is 1. The maximum atomic E-state index is 5.59. The van der Waals surface area contributed by atoms with E-state index >= 15 is 0 Å². The second kappa shape index (κ2) is 5.79. The molecule has 23 heavy (non-hydrogen) atoms. The third-order valence-corrected chi connectivity index (χ3v) is 4.76. The zero-order valence-electron chi connectivity index (χ0n) is 13.4. The number of methoxy groups -OCH3 is 1. The lowest BCUT2D eigenvalue weighted by atomic mass is 10.2. The average Bonchev–Trinajstić information content (AvgIpc) is 3.28. The van der Waals surface area contributed by atoms with E-state index in [0.717, 1.165) is 36.7 Å². The van der Waals surface area contributed by atoms with Gasteiger partial charge in [-0.25, -0.2) is 9.97 Å². The lowest BCUT2D eigenvalue weighted by molar-refractivity contribution is 0.107. The number of rotatable bonds is 4. The number of hydrogen-bond donors (Lipinski definition) is 1. The molecule has 0 amide bonds. The Hall–Kier alpha value is -2.18. The molecule has 1 aliphatic heterocycles. The minimum atomic E-state index is 0.236. The fourth-order valence-corrected chi connectivity index (χ4v) is 3.47. The number of imidazole rings is 2. The summed E-state index contributed by atoms with van der Waals surface area (Å²) >= 11 is 0. The minimum Gasteiger partial charge on any atom is -0.380 e. The highest BCUT2D eigenvalue weighted by molar-refractivity contribution is 5.75. The van der Waals surface area contributed by atoms with Gasteiger partial charge in [0.05, 0.1) is 29.7 Å². The van der Waals surface area contributed by atoms with Crippen molar-refractivity contribution >= 4 is 11.0 Å². The van der Waals surface area contributed by atoms with Crippen LogP contribution in [0.1, 0.15) is 24.1 Å². The first-order valence-electron chi connectivity index (χ1n) is 7.92. The third kappa shape index (κ3) is 2.54. The molecule has 6 nitrogen and oxygen atoms in total. The standard InChI is InChI=1S/C17H21N5O/c1-21-14-6-4-3-5-13(14)20-16(21)11-22-10-12(23-2)9-15(22)17-18-7-8-19-17/h3-8,12,15H,9-11H2,1-2H3,(H,18,19)/t12-,15?/m1/s1. The summed E-state index contributed by atoms with van der Waals surface area (Å²) in [5.41, 5.74) is 2.21. The van der Waals surface area contributed by atoms with E-state index in [4.69, 9.17) is 9.72 Å². The molecule has 1 N–H and O–H groups in total. The molecule has 0 spiro atoms. The smallest absolute Gasteiger partial charge is 0.123 e. The molecule has 2 atom stereocenters. The summed E-state index contributed by atoms with van der Waals surface area (Å²) < 4.78 is 7.76. The van der Waals surface area contributed by atoms with E-state index in [2.05, 4.69) is 44.7 Å². The van der Waals surface area contributed by atoms with Crippen LogP contribution >= 0.6 is 0 Å². The maximum absolute atomic E-state index is 5.59. The van der Waals surface area contributed by atoms with E-state index in [-0.39, 0.29) is 12.1 Å². The molecule has 120 valence electrons. The predicted octanol–water partition coefficient (Wildman–Crippen LogP) is 2.26. The van der Waals surface area contributed by atoms with Crippen LogP contribution in [0.4, 0.5) is 0 Å². The van der Waals surface area contributed by atoms with Gasteiger partial charge in [0.25, 0.3) is 0 Å². The van der Waals surface area contributed by atoms with Gasteiger partial charge < -0.3 is 14.3 Å². The van der Waals surface area contributed by atoms with E-state index in [9.17, 15) is 0 Å². The predicted molar refractivity (Wildman–Crippen MR) is 87.9 cm³/mol. The summed E-state index contributed by atoms with van der Waals surface area (Å²) in [4.78, 5) is 14.9. The number of nitrogens with one attached hydrogen (secondary N) is 1. The molecule has 3 aromatic rings. The number of benzene rings is 1. The van der Waals surface area contributed by atoms with E-state index in [1.54, 1.807) is 7.11 Å². The van der Waals surface area contributed by atoms with Crippen molar-refractivity contribution in [3.8, 4) is 0 Å². The first-order chi connectivity index (χ1) is 11.3. The number of aromatic nitrogens is 4. The van der Waals surface area contributed by atoms with Gasteiger partial charge in [-0.05, 0) is 18.6 Å². The Morgan fingerprint density at radius 3 is 2.96 bits per heavy atom. The fourth-order valence-electron chi connectivity index (χ4n) is 3.47. The number of H-pyrrole nitrogens is 1. The van der Waals surface area contributed by atoms with E-state index < -0.39 is 0 Å². The fraction of sp³-hybridized carbons (Fsp3) is 0.412. The Kier molecular flexibility index (Phi) is 3.63. The van der Waals surface area contributed by atoms with Crippen LogP contribution in [-0.2, 0) is 18.3 Å². The minimum absolute atomic E-state index is 0.236. The van der Waals surface area contributed by atoms with Crippen molar-refractivity contribution < 1.29 is 4.74 Å². The van der Waals surface area contributed by atoms with Gasteiger partial charge in [0.2, 0.25) is 0 Å². The molecular weight excluding hydrogens is 290 g/mol. The second-order valence-electron chi connectivity index (χ2n) is 6.09. The van der Waals surface area contributed by atoms with Crippen molar-refractivity contribution in [1.82, 2.24) is 24.4 Å². The van der Waals surface area contributed by atoms with Crippen molar-refractivity contribution in [3.05, 3.63) is 48.3 Å². The van der Waals surface area contributed by atoms with Crippen LogP contribution in [0.2, 0.25) is 0 Å². The summed E-state index contributed by atoms with van der Waals surface area (Å²) in [6.45, 7) is 1.68. The highest BCUT2D eigenvalue weighted by atomic mass is 16.5. The van der Waals surface area contributed by atoms with Gasteiger partial charge in [0.1, 0.15) is 11.6 Å². The van der Waals surface area contributed by atoms with Crippen LogP contribution in [-0.4, -0.2) is 44.2 Å². The first kappa shape index (κ1) is 14.4. The third-order valence-electron chi connectivity index (χ3n) is 4.76. The van der Waals surface area contributed by atoms with Gasteiger partial charge in [0.15, 0.2) is 0 Å². The molecule has 1 fully saturated rings. The van der Waals surface area contributed by atoms with Crippen molar-refractivity contribution in [1.29, 1.82) is 0 Å². The summed E-state index contributed by atoms with van der Waals surface area (Å²) in [7, 11) is 3.86. The number of ether oxygens (including phenoxy) is 1. The number of nitrogens with zero attached hydrogens (tertiary/aromatic N) is 4. The largest absolute Gasteiger partial charge is 0.380 e. The van der Waals surface area contributed by atoms with Crippen LogP contribution < -0.4 is 0 Å². The normalized spacial score (nSPS) is 22.2. The van der Waals surface area contributed by atoms with Crippen molar-refractivity contribution in [2.45, 2.75) is 25.1 Å². The van der Waals surface area contributed by atoms with E-state index in [1.807, 2.05) is 18.5 Å². The number of hydrogen-bond acceptors (Lipinski definition) is 4. The molecule has 1 aliphatic rings. The van der Waals surface area contributed by atoms with E-state index in [1.165, 1.54) is 5.52 Å². The Balaban J connectivity index is 1.64. The molecule has 3 heterocycles. The monoisotopic (exact) mass is 311 g/mol. The van der Waals surface area contributed by atoms with E-state index in [0.29, 0.717) is 0 Å². The topological polar surface area (TPSA) is 59.0 Å². The molecule has 4 rings (SSSR count). The van der Waals surface area contributed by atoms with Crippen LogP contribution in [0.25, 0.3) is 11.0 Å². The van der Waals surface area contributed by atoms with Crippen LogP contribution in [0, 0.1) is 0 Å². The Morgan fingerprint density at radius 2 is 2.22 bits per heavy atom. The summed E-state index contributed by atoms with van der Waals surface area (Å²) in [5, 5.41) is 0. The lowest BCUT2D eigenvalue weighted by Gasteiger charge is -2.22. The Bertz CT molecular complexity index is 795. The van der Waals surface area contributed by atoms with Gasteiger partial charge in [-0.1, -0.05) is 12.1 Å². The average molecular weight is 311 g/mol. The highest BCUT2D eigenvalue weighted by Gasteiger charge is 2.35. The second-order valence-corrected chi connectivity index (χ2v) is 6.09. The zero-order valence-corrected chi connectivity index (χ0v) is 13.4. The SMILES string of the molecule is CO[C@@H]1CC(c2ncc[nH]2)N(Cc2nc3ccccc3n2C)C1. The zero-order chi connectivity index (χ0) is 15.8. The lowest BCUT2D eigenvalue weighted by Crippen LogP contribution is -2.26. The number of likely N-dealkylation sites (tertiary alicyclic amines) is 1. The number of aryl methyl sites for hydroxylation is 1. The van der Waals surface area contributed by atoms with Gasteiger partial charge in [-0.2, -0.15) is 0 Å². The van der Waals surface area contributed by atoms with Gasteiger partial charge in [0, 0.05) is 33.1 Å². The molecule has 6 heteroatoms. The quantitative estimate of drug-likeness (QED) is 0.803. The Labute approximate surface area is 135 Å². The molecule has 0 radical (unpaired) electrons. The van der Waals surface area contributed by atoms with Crippen LogP contribution in [0.15, 0.2) is 36.7 Å². The Morgan fingerprint density at radius 1 is 1.35 bits per heavy atom. The van der Waals surface area contributed by atoms with Crippen LogP contribution in [0.5, 0.6) is 0 Å². The molecule has 0 bridgehead atoms. The molecule has 1 saturated heterocycles. The molecule has 0 saturated carbocycles. The summed E-state index contributed by atoms with van der Waals surface area (Å²) in [6.07, 6.45) is 4.87. The van der Waals surface area contributed by atoms with Gasteiger partial charge in [-0.3, -0.25) is 4.90 Å². The molecular formula is C17H21N5O. The molecule has 0 aliphatic carbocycles. The first-order valence-corrected chi connectivity index (χ1v) is 7.92. The van der Waals surface area contributed by atoms with Crippen LogP contribution in [0.3, 0.4) is 0 Å². The maximum Gasteiger partial charge on any atom is 0.123 e. The molecule has 1 aromatic carbocycles. The van der Waals surface area contributed by atoms with Crippen molar-refractivity contribution in [2.75, 3.05) is 13.7 Å². The number of fused-ring (bicyclic) bond motifs is 1. The molecule has 1 unspecified atom stereocenters. The molecule has 2 aromatic heterocycles. The van der Waals surface area contributed by atoms with Gasteiger partial charge in [-0.15, -0.1) is 0 Å². The van der Waals surface area contributed by atoms with Crippen molar-refractivity contribution in [2.24, 2.45) is 7.05 Å². The number of para-hydroxylation sites is 2. The highest BCUT2D eigenvalue weighted by Crippen LogP contribution is 2.32. The summed E-state index contributed by atoms with van der Waals surface area (Å²) in [6, 6.07) is 8.50.